The smallest absolute Gasteiger partial charge is 0.246 e. The number of amides is 1. The summed E-state index contributed by atoms with van der Waals surface area (Å²) in [5, 5.41) is 6.11. The van der Waals surface area contributed by atoms with E-state index in [0.717, 1.165) is 22.7 Å². The van der Waals surface area contributed by atoms with Crippen LogP contribution in [0.25, 0.3) is 0 Å². The van der Waals surface area contributed by atoms with Crippen molar-refractivity contribution in [3.8, 4) is 17.2 Å². The molecule has 1 atom stereocenters. The van der Waals surface area contributed by atoms with Gasteiger partial charge in [0.25, 0.3) is 0 Å². The highest BCUT2D eigenvalue weighted by Gasteiger charge is 2.15. The summed E-state index contributed by atoms with van der Waals surface area (Å²) in [6, 6.07) is 22.3. The largest absolute Gasteiger partial charge is 0.495 e. The molecule has 0 aliphatic heterocycles. The Morgan fingerprint density at radius 1 is 0.929 bits per heavy atom. The van der Waals surface area contributed by atoms with E-state index >= 15 is 0 Å². The van der Waals surface area contributed by atoms with E-state index < -0.39 is 6.04 Å². The van der Waals surface area contributed by atoms with Crippen LogP contribution in [0.3, 0.4) is 0 Å². The fourth-order valence-corrected chi connectivity index (χ4v) is 2.72. The van der Waals surface area contributed by atoms with E-state index in [4.69, 9.17) is 9.47 Å². The lowest BCUT2D eigenvalue weighted by Crippen LogP contribution is -2.32. The fraction of sp³-hybridized carbons (Fsp3) is 0.174. The molecule has 3 rings (SSSR count). The Labute approximate surface area is 165 Å². The van der Waals surface area contributed by atoms with E-state index in [9.17, 15) is 4.79 Å². The molecule has 0 aromatic heterocycles. The zero-order valence-corrected chi connectivity index (χ0v) is 16.2. The molecule has 0 aliphatic rings. The van der Waals surface area contributed by atoms with Gasteiger partial charge in [-0.15, -0.1) is 0 Å². The molecular weight excluding hydrogens is 352 g/mol. The van der Waals surface area contributed by atoms with Gasteiger partial charge in [-0.05, 0) is 67.9 Å². The SMILES string of the molecule is COc1ccc(C)cc1NC(=O)[C@H](C)Nc1ccc(Oc2ccccc2)cc1. The fourth-order valence-electron chi connectivity index (χ4n) is 2.72. The summed E-state index contributed by atoms with van der Waals surface area (Å²) in [5.74, 6) is 2.00. The lowest BCUT2D eigenvalue weighted by atomic mass is 10.2. The van der Waals surface area contributed by atoms with Crippen LogP contribution in [-0.2, 0) is 4.79 Å². The van der Waals surface area contributed by atoms with Gasteiger partial charge in [-0.1, -0.05) is 24.3 Å². The number of hydrogen-bond donors (Lipinski definition) is 2. The number of aryl methyl sites for hydroxylation is 1. The Kier molecular flexibility index (Phi) is 6.17. The Hall–Kier alpha value is -3.47. The number of para-hydroxylation sites is 1. The van der Waals surface area contributed by atoms with Gasteiger partial charge in [-0.3, -0.25) is 4.79 Å². The summed E-state index contributed by atoms with van der Waals surface area (Å²) in [6.07, 6.45) is 0. The first-order valence-electron chi connectivity index (χ1n) is 9.10. The zero-order valence-electron chi connectivity index (χ0n) is 16.2. The van der Waals surface area contributed by atoms with Gasteiger partial charge in [0.15, 0.2) is 0 Å². The highest BCUT2D eigenvalue weighted by atomic mass is 16.5. The van der Waals surface area contributed by atoms with Gasteiger partial charge < -0.3 is 20.1 Å². The molecule has 0 spiro atoms. The Balaban J connectivity index is 1.60. The van der Waals surface area contributed by atoms with Gasteiger partial charge in [0.2, 0.25) is 5.91 Å². The summed E-state index contributed by atoms with van der Waals surface area (Å²) in [4.78, 5) is 12.6. The number of nitrogens with one attached hydrogen (secondary N) is 2. The standard InChI is InChI=1S/C23H24N2O3/c1-16-9-14-22(27-3)21(15-16)25-23(26)17(2)24-18-10-12-20(13-11-18)28-19-7-5-4-6-8-19/h4-15,17,24H,1-3H3,(H,25,26)/t17-/m0/s1. The van der Waals surface area contributed by atoms with Crippen molar-refractivity contribution in [1.29, 1.82) is 0 Å². The molecule has 28 heavy (non-hydrogen) atoms. The average Bonchev–Trinajstić information content (AvgIpc) is 2.70. The summed E-state index contributed by atoms with van der Waals surface area (Å²) in [5.41, 5.74) is 2.54. The Morgan fingerprint density at radius 3 is 2.29 bits per heavy atom. The summed E-state index contributed by atoms with van der Waals surface area (Å²) in [7, 11) is 1.58. The van der Waals surface area contributed by atoms with Gasteiger partial charge in [0, 0.05) is 5.69 Å². The molecule has 2 N–H and O–H groups in total. The average molecular weight is 376 g/mol. The molecule has 5 heteroatoms. The molecule has 5 nitrogen and oxygen atoms in total. The number of rotatable bonds is 7. The third-order valence-corrected chi connectivity index (χ3v) is 4.22. The monoisotopic (exact) mass is 376 g/mol. The molecule has 0 saturated carbocycles. The lowest BCUT2D eigenvalue weighted by Gasteiger charge is -2.17. The van der Waals surface area contributed by atoms with E-state index in [1.54, 1.807) is 7.11 Å². The van der Waals surface area contributed by atoms with Crippen LogP contribution in [0.1, 0.15) is 12.5 Å². The molecule has 0 radical (unpaired) electrons. The summed E-state index contributed by atoms with van der Waals surface area (Å²) < 4.78 is 11.1. The van der Waals surface area contributed by atoms with Crippen LogP contribution in [-0.4, -0.2) is 19.1 Å². The molecule has 0 aliphatic carbocycles. The first-order valence-corrected chi connectivity index (χ1v) is 9.10. The molecule has 144 valence electrons. The number of ether oxygens (including phenoxy) is 2. The van der Waals surface area contributed by atoms with Gasteiger partial charge in [0.1, 0.15) is 23.3 Å². The van der Waals surface area contributed by atoms with Crippen molar-refractivity contribution in [3.63, 3.8) is 0 Å². The minimum atomic E-state index is -0.425. The Morgan fingerprint density at radius 2 is 1.61 bits per heavy atom. The van der Waals surface area contributed by atoms with E-state index in [1.165, 1.54) is 0 Å². The summed E-state index contributed by atoms with van der Waals surface area (Å²) in [6.45, 7) is 3.78. The van der Waals surface area contributed by atoms with Gasteiger partial charge in [-0.25, -0.2) is 0 Å². The van der Waals surface area contributed by atoms with Gasteiger partial charge in [0.05, 0.1) is 12.8 Å². The molecule has 1 amide bonds. The number of benzene rings is 3. The van der Waals surface area contributed by atoms with Crippen molar-refractivity contribution in [2.45, 2.75) is 19.9 Å². The van der Waals surface area contributed by atoms with Gasteiger partial charge >= 0.3 is 0 Å². The second-order valence-corrected chi connectivity index (χ2v) is 6.50. The van der Waals surface area contributed by atoms with E-state index in [2.05, 4.69) is 10.6 Å². The number of hydrogen-bond acceptors (Lipinski definition) is 4. The maximum Gasteiger partial charge on any atom is 0.246 e. The second-order valence-electron chi connectivity index (χ2n) is 6.50. The van der Waals surface area contributed by atoms with Crippen LogP contribution < -0.4 is 20.1 Å². The maximum atomic E-state index is 12.6. The highest BCUT2D eigenvalue weighted by molar-refractivity contribution is 5.97. The topological polar surface area (TPSA) is 59.6 Å². The molecule has 3 aromatic carbocycles. The van der Waals surface area contributed by atoms with Crippen molar-refractivity contribution in [3.05, 3.63) is 78.4 Å². The van der Waals surface area contributed by atoms with Crippen molar-refractivity contribution in [1.82, 2.24) is 0 Å². The molecular formula is C23H24N2O3. The third kappa shape index (κ3) is 5.04. The molecule has 0 unspecified atom stereocenters. The van der Waals surface area contributed by atoms with Crippen LogP contribution in [0.5, 0.6) is 17.2 Å². The molecule has 0 bridgehead atoms. The maximum absolute atomic E-state index is 12.6. The van der Waals surface area contributed by atoms with Crippen LogP contribution in [0.4, 0.5) is 11.4 Å². The number of carbonyl (C=O) groups excluding carboxylic acids is 1. The molecule has 3 aromatic rings. The van der Waals surface area contributed by atoms with E-state index in [1.807, 2.05) is 86.6 Å². The quantitative estimate of drug-likeness (QED) is 0.592. The number of methoxy groups -OCH3 is 1. The highest BCUT2D eigenvalue weighted by Crippen LogP contribution is 2.26. The van der Waals surface area contributed by atoms with Crippen molar-refractivity contribution >= 4 is 17.3 Å². The normalized spacial score (nSPS) is 11.4. The summed E-state index contributed by atoms with van der Waals surface area (Å²) >= 11 is 0. The predicted molar refractivity (Wildman–Crippen MR) is 112 cm³/mol. The minimum absolute atomic E-state index is 0.145. The second kappa shape index (κ2) is 8.95. The number of carbonyl (C=O) groups is 1. The van der Waals surface area contributed by atoms with Crippen LogP contribution >= 0.6 is 0 Å². The number of anilines is 2. The zero-order chi connectivity index (χ0) is 19.9. The molecule has 0 heterocycles. The Bertz CT molecular complexity index is 924. The third-order valence-electron chi connectivity index (χ3n) is 4.22. The van der Waals surface area contributed by atoms with Gasteiger partial charge in [-0.2, -0.15) is 0 Å². The van der Waals surface area contributed by atoms with Crippen LogP contribution in [0.2, 0.25) is 0 Å². The minimum Gasteiger partial charge on any atom is -0.495 e. The molecule has 0 fully saturated rings. The molecule has 0 saturated heterocycles. The van der Waals surface area contributed by atoms with Crippen molar-refractivity contribution < 1.29 is 14.3 Å². The van der Waals surface area contributed by atoms with Crippen LogP contribution in [0, 0.1) is 6.92 Å². The van der Waals surface area contributed by atoms with E-state index in [0.29, 0.717) is 11.4 Å². The van der Waals surface area contributed by atoms with Crippen molar-refractivity contribution in [2.75, 3.05) is 17.7 Å². The van der Waals surface area contributed by atoms with Crippen molar-refractivity contribution in [2.24, 2.45) is 0 Å². The lowest BCUT2D eigenvalue weighted by molar-refractivity contribution is -0.116. The van der Waals surface area contributed by atoms with Crippen LogP contribution in [0.15, 0.2) is 72.8 Å². The van der Waals surface area contributed by atoms with E-state index in [-0.39, 0.29) is 5.91 Å². The first kappa shape index (κ1) is 19.3. The predicted octanol–water partition coefficient (Wildman–Crippen LogP) is 5.24. The first-order chi connectivity index (χ1) is 13.5.